The van der Waals surface area contributed by atoms with Crippen molar-refractivity contribution in [3.05, 3.63) is 29.3 Å². The minimum atomic E-state index is 0.282. The first kappa shape index (κ1) is 8.81. The van der Waals surface area contributed by atoms with E-state index in [-0.39, 0.29) is 5.95 Å². The van der Waals surface area contributed by atoms with Gasteiger partial charge in [0.25, 0.3) is 5.95 Å². The largest absolute Gasteiger partial charge is 0.468 e. The van der Waals surface area contributed by atoms with E-state index >= 15 is 0 Å². The topological polar surface area (TPSA) is 39.4 Å². The van der Waals surface area contributed by atoms with Crippen molar-refractivity contribution >= 4 is 17.3 Å². The highest BCUT2D eigenvalue weighted by Gasteiger charge is 2.14. The van der Waals surface area contributed by atoms with E-state index in [4.69, 9.17) is 9.15 Å². The van der Waals surface area contributed by atoms with Gasteiger partial charge in [-0.3, -0.25) is 4.79 Å². The summed E-state index contributed by atoms with van der Waals surface area (Å²) in [5.41, 5.74) is 2.19. The first-order chi connectivity index (χ1) is 6.77. The van der Waals surface area contributed by atoms with E-state index < -0.39 is 0 Å². The summed E-state index contributed by atoms with van der Waals surface area (Å²) < 4.78 is 10.4. The fourth-order valence-electron chi connectivity index (χ4n) is 1.52. The minimum Gasteiger partial charge on any atom is -0.468 e. The molecule has 1 heterocycles. The van der Waals surface area contributed by atoms with Crippen LogP contribution >= 0.6 is 0 Å². The van der Waals surface area contributed by atoms with Crippen molar-refractivity contribution in [3.63, 3.8) is 0 Å². The Morgan fingerprint density at radius 3 is 2.86 bits per heavy atom. The smallest absolute Gasteiger partial charge is 0.296 e. The third-order valence-electron chi connectivity index (χ3n) is 2.22. The van der Waals surface area contributed by atoms with Gasteiger partial charge in [-0.25, -0.2) is 0 Å². The molecular weight excluding hydrogens is 180 g/mol. The van der Waals surface area contributed by atoms with Crippen LogP contribution in [-0.2, 0) is 0 Å². The van der Waals surface area contributed by atoms with Crippen molar-refractivity contribution in [2.24, 2.45) is 0 Å². The summed E-state index contributed by atoms with van der Waals surface area (Å²) in [5.74, 6) is 0.282. The van der Waals surface area contributed by atoms with Gasteiger partial charge in [0.1, 0.15) is 11.1 Å². The summed E-state index contributed by atoms with van der Waals surface area (Å²) in [7, 11) is 1.49. The summed E-state index contributed by atoms with van der Waals surface area (Å²) in [6.45, 7) is 1.93. The monoisotopic (exact) mass is 190 g/mol. The van der Waals surface area contributed by atoms with Crippen molar-refractivity contribution in [1.29, 1.82) is 0 Å². The molecule has 0 saturated carbocycles. The Morgan fingerprint density at radius 1 is 1.43 bits per heavy atom. The molecule has 72 valence electrons. The zero-order valence-electron chi connectivity index (χ0n) is 8.03. The number of para-hydroxylation sites is 1. The zero-order chi connectivity index (χ0) is 10.1. The third kappa shape index (κ3) is 1.09. The molecule has 0 saturated heterocycles. The second kappa shape index (κ2) is 3.18. The second-order valence-electron chi connectivity index (χ2n) is 3.08. The first-order valence-corrected chi connectivity index (χ1v) is 4.29. The highest BCUT2D eigenvalue weighted by Crippen LogP contribution is 2.31. The number of ether oxygens (including phenoxy) is 1. The third-order valence-corrected chi connectivity index (χ3v) is 2.22. The number of fused-ring (bicyclic) bond motifs is 1. The van der Waals surface area contributed by atoms with Crippen LogP contribution < -0.4 is 4.74 Å². The van der Waals surface area contributed by atoms with Crippen LogP contribution in [0.25, 0.3) is 11.0 Å². The molecule has 0 amide bonds. The molecule has 1 aromatic heterocycles. The van der Waals surface area contributed by atoms with E-state index in [1.807, 2.05) is 25.1 Å². The zero-order valence-corrected chi connectivity index (χ0v) is 8.03. The average molecular weight is 190 g/mol. The van der Waals surface area contributed by atoms with E-state index in [1.165, 1.54) is 7.11 Å². The van der Waals surface area contributed by atoms with Gasteiger partial charge in [-0.05, 0) is 12.5 Å². The molecule has 0 radical (unpaired) electrons. The highest BCUT2D eigenvalue weighted by atomic mass is 16.6. The summed E-state index contributed by atoms with van der Waals surface area (Å²) in [4.78, 5) is 10.8. The SMILES string of the molecule is COc1oc2c(C)cccc2c1C=O. The van der Waals surface area contributed by atoms with Crippen LogP contribution in [0.3, 0.4) is 0 Å². The highest BCUT2D eigenvalue weighted by molar-refractivity contribution is 5.99. The van der Waals surface area contributed by atoms with Crippen molar-refractivity contribution in [2.45, 2.75) is 6.92 Å². The lowest BCUT2D eigenvalue weighted by Crippen LogP contribution is -1.84. The van der Waals surface area contributed by atoms with E-state index in [0.717, 1.165) is 17.2 Å². The summed E-state index contributed by atoms with van der Waals surface area (Å²) >= 11 is 0. The standard InChI is InChI=1S/C11H10O3/c1-7-4-3-5-8-9(6-12)11(13-2)14-10(7)8/h3-6H,1-2H3. The van der Waals surface area contributed by atoms with Crippen molar-refractivity contribution in [3.8, 4) is 5.95 Å². The number of hydrogen-bond donors (Lipinski definition) is 0. The number of carbonyl (C=O) groups excluding carboxylic acids is 1. The lowest BCUT2D eigenvalue weighted by atomic mass is 10.1. The number of benzene rings is 1. The lowest BCUT2D eigenvalue weighted by molar-refractivity contribution is 0.111. The van der Waals surface area contributed by atoms with E-state index in [0.29, 0.717) is 11.1 Å². The van der Waals surface area contributed by atoms with Crippen LogP contribution in [-0.4, -0.2) is 13.4 Å². The molecule has 2 rings (SSSR count). The Hall–Kier alpha value is -1.77. The number of carbonyl (C=O) groups is 1. The molecule has 0 atom stereocenters. The second-order valence-corrected chi connectivity index (χ2v) is 3.08. The van der Waals surface area contributed by atoms with Gasteiger partial charge in [0.05, 0.1) is 7.11 Å². The van der Waals surface area contributed by atoms with Crippen LogP contribution in [0.1, 0.15) is 15.9 Å². The maximum atomic E-state index is 10.8. The van der Waals surface area contributed by atoms with Gasteiger partial charge in [0.2, 0.25) is 0 Å². The van der Waals surface area contributed by atoms with Gasteiger partial charge in [0, 0.05) is 5.39 Å². The Labute approximate surface area is 81.3 Å². The molecule has 0 spiro atoms. The Bertz CT molecular complexity index is 482. The maximum Gasteiger partial charge on any atom is 0.296 e. The van der Waals surface area contributed by atoms with E-state index in [9.17, 15) is 4.79 Å². The van der Waals surface area contributed by atoms with Crippen LogP contribution in [0, 0.1) is 6.92 Å². The molecule has 3 heteroatoms. The number of methoxy groups -OCH3 is 1. The summed E-state index contributed by atoms with van der Waals surface area (Å²) in [5, 5.41) is 0.803. The van der Waals surface area contributed by atoms with Crippen LogP contribution in [0.15, 0.2) is 22.6 Å². The molecule has 14 heavy (non-hydrogen) atoms. The van der Waals surface area contributed by atoms with Crippen molar-refractivity contribution in [2.75, 3.05) is 7.11 Å². The van der Waals surface area contributed by atoms with Gasteiger partial charge >= 0.3 is 0 Å². The summed E-state index contributed by atoms with van der Waals surface area (Å²) in [6.07, 6.45) is 0.754. The van der Waals surface area contributed by atoms with Gasteiger partial charge in [-0.15, -0.1) is 0 Å². The van der Waals surface area contributed by atoms with Gasteiger partial charge in [0.15, 0.2) is 6.29 Å². The molecule has 0 N–H and O–H groups in total. The maximum absolute atomic E-state index is 10.8. The fraction of sp³-hybridized carbons (Fsp3) is 0.182. The van der Waals surface area contributed by atoms with Crippen LogP contribution in [0.4, 0.5) is 0 Å². The number of aryl methyl sites for hydroxylation is 1. The lowest BCUT2D eigenvalue weighted by Gasteiger charge is -1.91. The number of rotatable bonds is 2. The average Bonchev–Trinajstić information content (AvgIpc) is 2.57. The van der Waals surface area contributed by atoms with Gasteiger partial charge in [-0.1, -0.05) is 18.2 Å². The molecule has 0 unspecified atom stereocenters. The molecular formula is C11H10O3. The fourth-order valence-corrected chi connectivity index (χ4v) is 1.52. The number of furan rings is 1. The van der Waals surface area contributed by atoms with E-state index in [2.05, 4.69) is 0 Å². The van der Waals surface area contributed by atoms with E-state index in [1.54, 1.807) is 0 Å². The minimum absolute atomic E-state index is 0.282. The van der Waals surface area contributed by atoms with Crippen LogP contribution in [0.2, 0.25) is 0 Å². The van der Waals surface area contributed by atoms with Gasteiger partial charge in [-0.2, -0.15) is 0 Å². The molecule has 0 aliphatic rings. The molecule has 2 aromatic rings. The molecule has 1 aromatic carbocycles. The summed E-state index contributed by atoms with van der Waals surface area (Å²) in [6, 6.07) is 5.66. The molecule has 0 bridgehead atoms. The molecule has 0 aliphatic carbocycles. The molecule has 3 nitrogen and oxygen atoms in total. The Balaban J connectivity index is 2.86. The first-order valence-electron chi connectivity index (χ1n) is 4.29. The van der Waals surface area contributed by atoms with Crippen molar-refractivity contribution in [1.82, 2.24) is 0 Å². The normalized spacial score (nSPS) is 10.4. The number of aldehydes is 1. The quantitative estimate of drug-likeness (QED) is 0.683. The van der Waals surface area contributed by atoms with Crippen LogP contribution in [0.5, 0.6) is 5.95 Å². The molecule has 0 aliphatic heterocycles. The Kier molecular flexibility index (Phi) is 2.00. The predicted octanol–water partition coefficient (Wildman–Crippen LogP) is 2.56. The van der Waals surface area contributed by atoms with Gasteiger partial charge < -0.3 is 9.15 Å². The molecule has 0 fully saturated rings. The Morgan fingerprint density at radius 2 is 2.21 bits per heavy atom. The van der Waals surface area contributed by atoms with Crippen molar-refractivity contribution < 1.29 is 13.9 Å². The number of hydrogen-bond acceptors (Lipinski definition) is 3. The predicted molar refractivity (Wildman–Crippen MR) is 52.9 cm³/mol.